The van der Waals surface area contributed by atoms with E-state index in [-0.39, 0.29) is 11.3 Å². The van der Waals surface area contributed by atoms with Crippen LogP contribution >= 0.6 is 0 Å². The highest BCUT2D eigenvalue weighted by Gasteiger charge is 2.27. The summed E-state index contributed by atoms with van der Waals surface area (Å²) in [5.74, 6) is -0.741. The van der Waals surface area contributed by atoms with E-state index in [1.165, 1.54) is 0 Å². The van der Waals surface area contributed by atoms with E-state index in [2.05, 4.69) is 5.32 Å². The quantitative estimate of drug-likeness (QED) is 0.768. The lowest BCUT2D eigenvalue weighted by molar-refractivity contribution is -0.119. The zero-order chi connectivity index (χ0) is 14.8. The fraction of sp³-hybridized carbons (Fsp3) is 0.429. The molecule has 5 N–H and O–H groups in total. The Hall–Kier alpha value is -1.88. The molecule has 104 valence electrons. The summed E-state index contributed by atoms with van der Waals surface area (Å²) in [5.41, 5.74) is 12.6. The first-order valence-corrected chi connectivity index (χ1v) is 6.10. The first kappa shape index (κ1) is 15.2. The molecule has 1 rings (SSSR count). The summed E-state index contributed by atoms with van der Waals surface area (Å²) in [6.07, 6.45) is 0. The van der Waals surface area contributed by atoms with E-state index in [1.807, 2.05) is 20.8 Å². The predicted octanol–water partition coefficient (Wildman–Crippen LogP) is 1.41. The Morgan fingerprint density at radius 2 is 1.84 bits per heavy atom. The summed E-state index contributed by atoms with van der Waals surface area (Å²) in [5, 5.41) is 2.77. The van der Waals surface area contributed by atoms with Gasteiger partial charge in [0.05, 0.1) is 6.04 Å². The lowest BCUT2D eigenvalue weighted by Crippen LogP contribution is -2.45. The maximum absolute atomic E-state index is 12.0. The van der Waals surface area contributed by atoms with E-state index in [4.69, 9.17) is 11.5 Å². The topological polar surface area (TPSA) is 98.2 Å². The van der Waals surface area contributed by atoms with Gasteiger partial charge in [0.15, 0.2) is 0 Å². The maximum atomic E-state index is 12.0. The maximum Gasteiger partial charge on any atom is 0.248 e. The number of carbonyl (C=O) groups is 2. The zero-order valence-corrected chi connectivity index (χ0v) is 11.8. The number of nitrogens with two attached hydrogens (primary N) is 2. The molecule has 0 saturated heterocycles. The van der Waals surface area contributed by atoms with Crippen molar-refractivity contribution in [2.45, 2.75) is 33.7 Å². The normalized spacial score (nSPS) is 12.9. The van der Waals surface area contributed by atoms with Gasteiger partial charge in [-0.1, -0.05) is 20.8 Å². The number of anilines is 1. The summed E-state index contributed by atoms with van der Waals surface area (Å²) in [6, 6.07) is 4.26. The van der Waals surface area contributed by atoms with E-state index < -0.39 is 11.9 Å². The van der Waals surface area contributed by atoms with Crippen molar-refractivity contribution in [3.05, 3.63) is 29.3 Å². The second-order valence-corrected chi connectivity index (χ2v) is 5.73. The molecule has 0 heterocycles. The van der Waals surface area contributed by atoms with Crippen LogP contribution in [0.2, 0.25) is 0 Å². The minimum atomic E-state index is -0.609. The van der Waals surface area contributed by atoms with Crippen LogP contribution in [0.5, 0.6) is 0 Å². The Morgan fingerprint density at radius 1 is 1.26 bits per heavy atom. The number of nitrogens with one attached hydrogen (secondary N) is 1. The SMILES string of the molecule is Cc1cc(C(N)=O)ccc1NC(=O)[C@@H](N)C(C)(C)C. The summed E-state index contributed by atoms with van der Waals surface area (Å²) in [7, 11) is 0. The average molecular weight is 263 g/mol. The van der Waals surface area contributed by atoms with Crippen LogP contribution in [0, 0.1) is 12.3 Å². The molecule has 1 atom stereocenters. The Morgan fingerprint density at radius 3 is 2.26 bits per heavy atom. The van der Waals surface area contributed by atoms with E-state index in [0.717, 1.165) is 5.56 Å². The highest BCUT2D eigenvalue weighted by molar-refractivity contribution is 5.97. The number of benzene rings is 1. The van der Waals surface area contributed by atoms with Gasteiger partial charge in [-0.2, -0.15) is 0 Å². The molecule has 1 aromatic carbocycles. The highest BCUT2D eigenvalue weighted by atomic mass is 16.2. The van der Waals surface area contributed by atoms with Gasteiger partial charge < -0.3 is 16.8 Å². The van der Waals surface area contributed by atoms with Gasteiger partial charge in [0.25, 0.3) is 0 Å². The third-order valence-electron chi connectivity index (χ3n) is 2.98. The predicted molar refractivity (Wildman–Crippen MR) is 75.8 cm³/mol. The van der Waals surface area contributed by atoms with Gasteiger partial charge in [0.2, 0.25) is 11.8 Å². The van der Waals surface area contributed by atoms with Gasteiger partial charge in [-0.3, -0.25) is 9.59 Å². The smallest absolute Gasteiger partial charge is 0.248 e. The molecule has 19 heavy (non-hydrogen) atoms. The summed E-state index contributed by atoms with van der Waals surface area (Å²) < 4.78 is 0. The molecule has 0 aliphatic heterocycles. The minimum absolute atomic E-state index is 0.248. The standard InChI is InChI=1S/C14H21N3O2/c1-8-7-9(12(16)18)5-6-10(8)17-13(19)11(15)14(2,3)4/h5-7,11H,15H2,1-4H3,(H2,16,18)(H,17,19)/t11-/m1/s1. The number of amides is 2. The number of aryl methyl sites for hydroxylation is 1. The van der Waals surface area contributed by atoms with E-state index in [9.17, 15) is 9.59 Å². The van der Waals surface area contributed by atoms with Crippen LogP contribution in [0.15, 0.2) is 18.2 Å². The third-order valence-corrected chi connectivity index (χ3v) is 2.98. The Labute approximate surface area is 113 Å². The molecule has 0 unspecified atom stereocenters. The van der Waals surface area contributed by atoms with Crippen molar-refractivity contribution in [3.8, 4) is 0 Å². The minimum Gasteiger partial charge on any atom is -0.366 e. The fourth-order valence-electron chi connectivity index (χ4n) is 1.56. The number of hydrogen-bond donors (Lipinski definition) is 3. The molecule has 0 radical (unpaired) electrons. The van der Waals surface area contributed by atoms with Crippen LogP contribution in [0.4, 0.5) is 5.69 Å². The summed E-state index contributed by atoms with van der Waals surface area (Å²) in [4.78, 5) is 23.0. The molecule has 1 aromatic rings. The van der Waals surface area contributed by atoms with Crippen molar-refractivity contribution in [2.24, 2.45) is 16.9 Å². The number of hydrogen-bond acceptors (Lipinski definition) is 3. The summed E-state index contributed by atoms with van der Waals surface area (Å²) in [6.45, 7) is 7.51. The molecular weight excluding hydrogens is 242 g/mol. The van der Waals surface area contributed by atoms with Crippen LogP contribution in [0.25, 0.3) is 0 Å². The molecule has 2 amide bonds. The van der Waals surface area contributed by atoms with Gasteiger partial charge in [-0.15, -0.1) is 0 Å². The second kappa shape index (κ2) is 5.40. The first-order valence-electron chi connectivity index (χ1n) is 6.10. The molecule has 5 nitrogen and oxygen atoms in total. The summed E-state index contributed by atoms with van der Waals surface area (Å²) >= 11 is 0. The molecular formula is C14H21N3O2. The molecule has 0 bridgehead atoms. The Bertz CT molecular complexity index is 504. The van der Waals surface area contributed by atoms with Gasteiger partial charge in [0.1, 0.15) is 0 Å². The Balaban J connectivity index is 2.89. The van der Waals surface area contributed by atoms with E-state index in [0.29, 0.717) is 11.3 Å². The van der Waals surface area contributed by atoms with Gasteiger partial charge in [-0.05, 0) is 36.1 Å². The lowest BCUT2D eigenvalue weighted by Gasteiger charge is -2.26. The van der Waals surface area contributed by atoms with Crippen molar-refractivity contribution >= 4 is 17.5 Å². The molecule has 0 fully saturated rings. The number of rotatable bonds is 3. The zero-order valence-electron chi connectivity index (χ0n) is 11.8. The van der Waals surface area contributed by atoms with E-state index in [1.54, 1.807) is 25.1 Å². The molecule has 0 aromatic heterocycles. The lowest BCUT2D eigenvalue weighted by atomic mass is 9.87. The first-order chi connectivity index (χ1) is 8.62. The molecule has 0 aliphatic carbocycles. The van der Waals surface area contributed by atoms with Crippen molar-refractivity contribution < 1.29 is 9.59 Å². The molecule has 5 heteroatoms. The van der Waals surface area contributed by atoms with Crippen molar-refractivity contribution in [1.29, 1.82) is 0 Å². The van der Waals surface area contributed by atoms with Crippen LogP contribution < -0.4 is 16.8 Å². The molecule has 0 spiro atoms. The molecule has 0 saturated carbocycles. The third kappa shape index (κ3) is 3.79. The van der Waals surface area contributed by atoms with Crippen molar-refractivity contribution in [3.63, 3.8) is 0 Å². The number of carbonyl (C=O) groups excluding carboxylic acids is 2. The van der Waals surface area contributed by atoms with Crippen LogP contribution in [0.3, 0.4) is 0 Å². The van der Waals surface area contributed by atoms with Crippen LogP contribution in [-0.2, 0) is 4.79 Å². The Kier molecular flexibility index (Phi) is 4.32. The highest BCUT2D eigenvalue weighted by Crippen LogP contribution is 2.21. The van der Waals surface area contributed by atoms with Gasteiger partial charge in [0, 0.05) is 11.3 Å². The fourth-order valence-corrected chi connectivity index (χ4v) is 1.56. The largest absolute Gasteiger partial charge is 0.366 e. The van der Waals surface area contributed by atoms with Crippen LogP contribution in [-0.4, -0.2) is 17.9 Å². The van der Waals surface area contributed by atoms with Crippen molar-refractivity contribution in [2.75, 3.05) is 5.32 Å². The van der Waals surface area contributed by atoms with Crippen LogP contribution in [0.1, 0.15) is 36.7 Å². The number of primary amides is 1. The van der Waals surface area contributed by atoms with Gasteiger partial charge >= 0.3 is 0 Å². The van der Waals surface area contributed by atoms with E-state index >= 15 is 0 Å². The second-order valence-electron chi connectivity index (χ2n) is 5.73. The molecule has 0 aliphatic rings. The van der Waals surface area contributed by atoms with Gasteiger partial charge in [-0.25, -0.2) is 0 Å². The van der Waals surface area contributed by atoms with Crippen molar-refractivity contribution in [1.82, 2.24) is 0 Å². The monoisotopic (exact) mass is 263 g/mol. The average Bonchev–Trinajstić information content (AvgIpc) is 2.29.